The highest BCUT2D eigenvalue weighted by Crippen LogP contribution is 2.33. The van der Waals surface area contributed by atoms with E-state index in [1.54, 1.807) is 21.7 Å². The van der Waals surface area contributed by atoms with Gasteiger partial charge in [-0.1, -0.05) is 0 Å². The van der Waals surface area contributed by atoms with Crippen molar-refractivity contribution in [3.05, 3.63) is 65.1 Å². The summed E-state index contributed by atoms with van der Waals surface area (Å²) in [5.41, 5.74) is 4.00. The van der Waals surface area contributed by atoms with Crippen LogP contribution in [-0.2, 0) is 22.6 Å². The van der Waals surface area contributed by atoms with Gasteiger partial charge in [-0.25, -0.2) is 13.7 Å². The normalized spacial score (nSPS) is 13.8. The van der Waals surface area contributed by atoms with Crippen molar-refractivity contribution in [2.75, 3.05) is 26.7 Å². The zero-order chi connectivity index (χ0) is 33.6. The molecule has 1 unspecified atom stereocenters. The molecule has 13 nitrogen and oxygen atoms in total. The molecule has 2 N–H and O–H groups in total. The first-order valence-electron chi connectivity index (χ1n) is 14.8. The zero-order valence-electron chi connectivity index (χ0n) is 26.7. The van der Waals surface area contributed by atoms with Crippen LogP contribution in [0.2, 0.25) is 0 Å². The molecule has 0 saturated carbocycles. The lowest BCUT2D eigenvalue weighted by Crippen LogP contribution is -2.51. The smallest absolute Gasteiger partial charge is 0.410 e. The van der Waals surface area contributed by atoms with E-state index in [-0.39, 0.29) is 18.4 Å². The van der Waals surface area contributed by atoms with Crippen LogP contribution < -0.4 is 10.1 Å². The number of carbonyl (C=O) groups excluding carboxylic acids is 2. The second-order valence-corrected chi connectivity index (χ2v) is 12.0. The molecule has 4 aromatic heterocycles. The quantitative estimate of drug-likeness (QED) is 0.263. The number of rotatable bonds is 10. The van der Waals surface area contributed by atoms with Gasteiger partial charge in [0.25, 0.3) is 0 Å². The maximum absolute atomic E-state index is 13.3. The minimum atomic E-state index is -1.12. The SMILES string of the molecule is C=O.CNCc1c(C)c(-c2cc(OCC(O)c3ccc(F)cn3)c3c(C#N)cnn3c2)nn1CCC1CN(C(=O)OC(C)(C)C)C1. The topological polar surface area (TPSA) is 160 Å². The second-order valence-electron chi connectivity index (χ2n) is 12.0. The Balaban J connectivity index is 0.00000235. The Labute approximate surface area is 266 Å². The van der Waals surface area contributed by atoms with Crippen LogP contribution in [0.1, 0.15) is 55.8 Å². The number of halogens is 1. The highest BCUT2D eigenvalue weighted by Gasteiger charge is 2.33. The number of likely N-dealkylation sites (tertiary alicyclic amines) is 1. The van der Waals surface area contributed by atoms with Gasteiger partial charge in [-0.05, 0) is 70.8 Å². The monoisotopic (exact) mass is 634 g/mol. The molecule has 1 fully saturated rings. The maximum atomic E-state index is 13.3. The molecule has 0 radical (unpaired) electrons. The number of hydrogen-bond acceptors (Lipinski definition) is 10. The number of aryl methyl sites for hydroxylation is 1. The summed E-state index contributed by atoms with van der Waals surface area (Å²) in [6.45, 7) is 12.0. The Kier molecular flexibility index (Phi) is 10.7. The third-order valence-corrected chi connectivity index (χ3v) is 7.48. The fourth-order valence-corrected chi connectivity index (χ4v) is 5.21. The standard InChI is InChI=1S/C31H37FN8O4.CH2O/c1-19-25(14-34-5)39(9-8-20-15-38(16-20)30(42)44-31(2,3)4)37-28(19)21-10-27(29-22(11-33)12-36-40(29)17-21)43-18-26(41)24-7-6-23(32)13-35-24;1-2/h6-7,10,12-13,17,20,26,34,41H,8-9,14-16,18H2,1-5H3;1H2. The van der Waals surface area contributed by atoms with E-state index in [2.05, 4.69) is 21.5 Å². The molecule has 5 heterocycles. The fourth-order valence-electron chi connectivity index (χ4n) is 5.21. The summed E-state index contributed by atoms with van der Waals surface area (Å²) >= 11 is 0. The molecule has 1 atom stereocenters. The molecule has 0 bridgehead atoms. The van der Waals surface area contributed by atoms with E-state index >= 15 is 0 Å². The molecule has 0 spiro atoms. The molecule has 0 aromatic carbocycles. The number of aliphatic hydroxyl groups excluding tert-OH is 1. The number of amides is 1. The maximum Gasteiger partial charge on any atom is 0.410 e. The summed E-state index contributed by atoms with van der Waals surface area (Å²) in [4.78, 5) is 26.0. The lowest BCUT2D eigenvalue weighted by molar-refractivity contribution is -0.0980. The number of fused-ring (bicyclic) bond motifs is 1. The van der Waals surface area contributed by atoms with Crippen molar-refractivity contribution in [2.45, 2.75) is 58.9 Å². The number of hydrogen-bond donors (Lipinski definition) is 2. The predicted octanol–water partition coefficient (Wildman–Crippen LogP) is 3.82. The first kappa shape index (κ1) is 34.0. The molecular weight excluding hydrogens is 595 g/mol. The van der Waals surface area contributed by atoms with E-state index in [4.69, 9.17) is 19.4 Å². The van der Waals surface area contributed by atoms with Crippen LogP contribution in [0, 0.1) is 30.0 Å². The third-order valence-electron chi connectivity index (χ3n) is 7.48. The third kappa shape index (κ3) is 7.67. The van der Waals surface area contributed by atoms with E-state index in [1.807, 2.05) is 46.2 Å². The first-order chi connectivity index (χ1) is 22.0. The van der Waals surface area contributed by atoms with Crippen LogP contribution in [0.3, 0.4) is 0 Å². The number of aliphatic hydroxyl groups is 1. The zero-order valence-corrected chi connectivity index (χ0v) is 26.7. The molecule has 14 heteroatoms. The number of nitrogens with zero attached hydrogens (tertiary/aromatic N) is 7. The van der Waals surface area contributed by atoms with Gasteiger partial charge in [0, 0.05) is 37.9 Å². The molecule has 1 saturated heterocycles. The minimum Gasteiger partial charge on any atom is -0.488 e. The summed E-state index contributed by atoms with van der Waals surface area (Å²) < 4.78 is 28.4. The van der Waals surface area contributed by atoms with Crippen LogP contribution in [-0.4, -0.2) is 79.6 Å². The van der Waals surface area contributed by atoms with Crippen LogP contribution in [0.5, 0.6) is 5.75 Å². The van der Waals surface area contributed by atoms with Crippen LogP contribution in [0.25, 0.3) is 16.8 Å². The van der Waals surface area contributed by atoms with Crippen molar-refractivity contribution in [3.8, 4) is 23.1 Å². The van der Waals surface area contributed by atoms with E-state index < -0.39 is 17.5 Å². The Bertz CT molecular complexity index is 1700. The van der Waals surface area contributed by atoms with Crippen molar-refractivity contribution in [1.82, 2.24) is 34.6 Å². The molecule has 4 aromatic rings. The summed E-state index contributed by atoms with van der Waals surface area (Å²) in [6, 6.07) is 6.54. The minimum absolute atomic E-state index is 0.173. The number of aromatic nitrogens is 5. The molecule has 46 heavy (non-hydrogen) atoms. The van der Waals surface area contributed by atoms with E-state index in [1.165, 1.54) is 18.3 Å². The van der Waals surface area contributed by atoms with Gasteiger partial charge in [0.2, 0.25) is 0 Å². The Morgan fingerprint density at radius 3 is 2.65 bits per heavy atom. The number of ether oxygens (including phenoxy) is 2. The Morgan fingerprint density at radius 2 is 2.02 bits per heavy atom. The summed E-state index contributed by atoms with van der Waals surface area (Å²) in [6.07, 6.45) is 3.74. The van der Waals surface area contributed by atoms with Gasteiger partial charge in [0.15, 0.2) is 0 Å². The van der Waals surface area contributed by atoms with Gasteiger partial charge >= 0.3 is 6.09 Å². The van der Waals surface area contributed by atoms with Crippen LogP contribution >= 0.6 is 0 Å². The lowest BCUT2D eigenvalue weighted by atomic mass is 9.97. The molecule has 1 aliphatic heterocycles. The Morgan fingerprint density at radius 1 is 1.28 bits per heavy atom. The summed E-state index contributed by atoms with van der Waals surface area (Å²) in [7, 11) is 1.88. The fraction of sp³-hybridized carbons (Fsp3) is 0.438. The summed E-state index contributed by atoms with van der Waals surface area (Å²) in [5, 5.41) is 32.9. The van der Waals surface area contributed by atoms with Crippen LogP contribution in [0.4, 0.5) is 9.18 Å². The van der Waals surface area contributed by atoms with Crippen molar-refractivity contribution < 1.29 is 28.6 Å². The lowest BCUT2D eigenvalue weighted by Gasteiger charge is -2.39. The highest BCUT2D eigenvalue weighted by molar-refractivity contribution is 5.75. The highest BCUT2D eigenvalue weighted by atomic mass is 19.1. The van der Waals surface area contributed by atoms with E-state index in [0.29, 0.717) is 48.9 Å². The molecule has 5 rings (SSSR count). The molecule has 244 valence electrons. The van der Waals surface area contributed by atoms with Crippen molar-refractivity contribution >= 4 is 18.4 Å². The number of nitrogens with one attached hydrogen (secondary N) is 1. The molecule has 1 amide bonds. The molecule has 1 aliphatic rings. The van der Waals surface area contributed by atoms with E-state index in [9.17, 15) is 19.6 Å². The van der Waals surface area contributed by atoms with Gasteiger partial charge in [-0.15, -0.1) is 0 Å². The van der Waals surface area contributed by atoms with Gasteiger partial charge < -0.3 is 29.6 Å². The molecular formula is C32H39FN8O5. The van der Waals surface area contributed by atoms with Gasteiger partial charge in [-0.2, -0.15) is 15.5 Å². The molecule has 0 aliphatic carbocycles. The number of carbonyl (C=O) groups is 2. The predicted molar refractivity (Wildman–Crippen MR) is 166 cm³/mol. The largest absolute Gasteiger partial charge is 0.488 e. The van der Waals surface area contributed by atoms with Gasteiger partial charge in [-0.3, -0.25) is 9.67 Å². The second kappa shape index (κ2) is 14.5. The number of pyridine rings is 2. The Hall–Kier alpha value is -4.87. The van der Waals surface area contributed by atoms with Gasteiger partial charge in [0.1, 0.15) is 53.8 Å². The number of nitriles is 1. The van der Waals surface area contributed by atoms with Crippen LogP contribution in [0.15, 0.2) is 36.8 Å². The van der Waals surface area contributed by atoms with Crippen molar-refractivity contribution in [1.29, 1.82) is 5.26 Å². The summed E-state index contributed by atoms with van der Waals surface area (Å²) in [5.74, 6) is 0.195. The van der Waals surface area contributed by atoms with Crippen molar-refractivity contribution in [2.24, 2.45) is 5.92 Å². The van der Waals surface area contributed by atoms with Gasteiger partial charge in [0.05, 0.1) is 29.5 Å². The van der Waals surface area contributed by atoms with Crippen molar-refractivity contribution in [3.63, 3.8) is 0 Å². The average molecular weight is 635 g/mol. The van der Waals surface area contributed by atoms with E-state index in [0.717, 1.165) is 35.1 Å². The average Bonchev–Trinajstić information content (AvgIpc) is 3.56. The first-order valence-corrected chi connectivity index (χ1v) is 14.8.